The lowest BCUT2D eigenvalue weighted by Crippen LogP contribution is -2.29. The van der Waals surface area contributed by atoms with Crippen LogP contribution in [-0.2, 0) is 16.0 Å². The van der Waals surface area contributed by atoms with Crippen molar-refractivity contribution >= 4 is 44.4 Å². The van der Waals surface area contributed by atoms with Crippen LogP contribution >= 0.6 is 15.9 Å². The number of fused-ring (bicyclic) bond motifs is 1. The summed E-state index contributed by atoms with van der Waals surface area (Å²) in [5.41, 5.74) is 1.96. The molecule has 25 heavy (non-hydrogen) atoms. The van der Waals surface area contributed by atoms with E-state index in [-0.39, 0.29) is 31.2 Å². The maximum Gasteiger partial charge on any atom is 0.226 e. The van der Waals surface area contributed by atoms with Gasteiger partial charge < -0.3 is 15.2 Å². The monoisotopic (exact) mass is 401 g/mol. The molecule has 0 fully saturated rings. The fourth-order valence-electron chi connectivity index (χ4n) is 2.35. The van der Waals surface area contributed by atoms with E-state index >= 15 is 0 Å². The number of hydrogen-bond acceptors (Lipinski definition) is 4. The number of aromatic nitrogens is 1. The Morgan fingerprint density at radius 2 is 1.80 bits per heavy atom. The molecule has 0 bridgehead atoms. The second kappa shape index (κ2) is 7.94. The molecule has 0 aliphatic rings. The first-order valence-electron chi connectivity index (χ1n) is 7.77. The number of halogens is 1. The van der Waals surface area contributed by atoms with Gasteiger partial charge in [-0.1, -0.05) is 33.2 Å². The lowest BCUT2D eigenvalue weighted by molar-refractivity contribution is -0.120. The van der Waals surface area contributed by atoms with E-state index in [1.807, 2.05) is 30.3 Å². The molecule has 7 heteroatoms. The minimum Gasteiger partial charge on any atom is -0.356 e. The van der Waals surface area contributed by atoms with Gasteiger partial charge in [0.1, 0.15) is 5.69 Å². The number of benzene rings is 2. The van der Waals surface area contributed by atoms with E-state index in [9.17, 15) is 9.59 Å². The van der Waals surface area contributed by atoms with Crippen molar-refractivity contribution in [3.05, 3.63) is 58.7 Å². The largest absolute Gasteiger partial charge is 0.356 e. The predicted octanol–water partition coefficient (Wildman–Crippen LogP) is 3.28. The molecule has 1 aromatic heterocycles. The summed E-state index contributed by atoms with van der Waals surface area (Å²) in [6.45, 7) is 0.261. The van der Waals surface area contributed by atoms with Crippen LogP contribution in [0.4, 0.5) is 5.69 Å². The summed E-state index contributed by atoms with van der Waals surface area (Å²) in [5.74, 6) is -0.356. The van der Waals surface area contributed by atoms with Crippen LogP contribution in [0.2, 0.25) is 0 Å². The second-order valence-corrected chi connectivity index (χ2v) is 6.37. The van der Waals surface area contributed by atoms with Crippen molar-refractivity contribution in [2.24, 2.45) is 0 Å². The highest BCUT2D eigenvalue weighted by Crippen LogP contribution is 2.18. The van der Waals surface area contributed by atoms with Crippen LogP contribution < -0.4 is 10.6 Å². The molecular formula is C18H16BrN3O3. The van der Waals surface area contributed by atoms with Gasteiger partial charge in [-0.15, -0.1) is 0 Å². The zero-order chi connectivity index (χ0) is 17.6. The normalized spacial score (nSPS) is 10.6. The van der Waals surface area contributed by atoms with Gasteiger partial charge in [-0.25, -0.2) is 0 Å². The molecular weight excluding hydrogens is 386 g/mol. The molecule has 3 aromatic rings. The molecule has 2 N–H and O–H groups in total. The van der Waals surface area contributed by atoms with Gasteiger partial charge in [0, 0.05) is 28.5 Å². The van der Waals surface area contributed by atoms with Crippen molar-refractivity contribution in [3.8, 4) is 0 Å². The van der Waals surface area contributed by atoms with Crippen LogP contribution in [0.25, 0.3) is 11.0 Å². The van der Waals surface area contributed by atoms with Gasteiger partial charge >= 0.3 is 0 Å². The summed E-state index contributed by atoms with van der Waals surface area (Å²) in [4.78, 5) is 23.9. The molecule has 0 atom stereocenters. The number of carbonyl (C=O) groups is 2. The Hall–Kier alpha value is -2.67. The Labute approximate surface area is 152 Å². The number of hydrogen-bond donors (Lipinski definition) is 2. The molecule has 0 unspecified atom stereocenters. The molecule has 3 rings (SSSR count). The summed E-state index contributed by atoms with van der Waals surface area (Å²) >= 11 is 3.34. The maximum absolute atomic E-state index is 12.0. The molecule has 6 nitrogen and oxygen atoms in total. The predicted molar refractivity (Wildman–Crippen MR) is 98.1 cm³/mol. The summed E-state index contributed by atoms with van der Waals surface area (Å²) in [6, 6.07) is 14.7. The number of nitrogens with zero attached hydrogens (tertiary/aromatic N) is 1. The van der Waals surface area contributed by atoms with Crippen molar-refractivity contribution in [1.82, 2.24) is 10.5 Å². The van der Waals surface area contributed by atoms with E-state index in [0.717, 1.165) is 9.86 Å². The Morgan fingerprint density at radius 1 is 1.04 bits per heavy atom. The zero-order valence-electron chi connectivity index (χ0n) is 13.3. The van der Waals surface area contributed by atoms with Crippen molar-refractivity contribution in [1.29, 1.82) is 0 Å². The maximum atomic E-state index is 12.0. The number of anilines is 1. The van der Waals surface area contributed by atoms with Crippen LogP contribution in [0.15, 0.2) is 57.5 Å². The van der Waals surface area contributed by atoms with Crippen molar-refractivity contribution in [2.45, 2.75) is 12.8 Å². The first kappa shape index (κ1) is 17.2. The fraction of sp³-hybridized carbons (Fsp3) is 0.167. The van der Waals surface area contributed by atoms with Crippen LogP contribution in [0.1, 0.15) is 12.1 Å². The highest BCUT2D eigenvalue weighted by molar-refractivity contribution is 9.10. The Morgan fingerprint density at radius 3 is 2.60 bits per heavy atom. The quantitative estimate of drug-likeness (QED) is 0.663. The molecule has 0 aliphatic heterocycles. The average molecular weight is 402 g/mol. The van der Waals surface area contributed by atoms with Crippen molar-refractivity contribution in [2.75, 3.05) is 11.9 Å². The number of amides is 2. The number of nitrogens with one attached hydrogen (secondary N) is 2. The third-order valence-electron chi connectivity index (χ3n) is 3.58. The fourth-order valence-corrected chi connectivity index (χ4v) is 2.62. The minimum absolute atomic E-state index is 0.116. The van der Waals surface area contributed by atoms with Gasteiger partial charge in [0.2, 0.25) is 11.8 Å². The molecule has 0 saturated carbocycles. The Bertz CT molecular complexity index is 890. The molecule has 128 valence electrons. The molecule has 2 amide bonds. The van der Waals surface area contributed by atoms with E-state index in [4.69, 9.17) is 4.52 Å². The van der Waals surface area contributed by atoms with Gasteiger partial charge in [0.15, 0.2) is 5.58 Å². The summed E-state index contributed by atoms with van der Waals surface area (Å²) in [6.07, 6.45) is 0.312. The van der Waals surface area contributed by atoms with E-state index in [1.54, 1.807) is 18.2 Å². The van der Waals surface area contributed by atoms with Crippen LogP contribution in [-0.4, -0.2) is 23.5 Å². The van der Waals surface area contributed by atoms with E-state index < -0.39 is 0 Å². The molecule has 0 radical (unpaired) electrons. The average Bonchev–Trinajstić information content (AvgIpc) is 3.00. The summed E-state index contributed by atoms with van der Waals surface area (Å²) < 4.78 is 6.11. The highest BCUT2D eigenvalue weighted by atomic mass is 79.9. The number of carbonyl (C=O) groups excluding carboxylic acids is 2. The minimum atomic E-state index is -0.199. The lowest BCUT2D eigenvalue weighted by Gasteiger charge is -2.06. The van der Waals surface area contributed by atoms with Crippen molar-refractivity contribution < 1.29 is 14.1 Å². The Kier molecular flexibility index (Phi) is 5.45. The third kappa shape index (κ3) is 4.67. The first-order chi connectivity index (χ1) is 12.1. The van der Waals surface area contributed by atoms with Crippen LogP contribution in [0.3, 0.4) is 0 Å². The van der Waals surface area contributed by atoms with Gasteiger partial charge in [0.25, 0.3) is 0 Å². The standard InChI is InChI=1S/C18H16BrN3O3/c19-12-5-7-13(8-6-12)21-17(23)9-10-20-18(24)11-15-14-3-1-2-4-16(14)25-22-15/h1-8H,9-11H2,(H,20,24)(H,21,23). The van der Waals surface area contributed by atoms with Crippen molar-refractivity contribution in [3.63, 3.8) is 0 Å². The SMILES string of the molecule is O=C(Cc1noc2ccccc12)NCCC(=O)Nc1ccc(Br)cc1. The number of para-hydroxylation sites is 1. The molecule has 0 spiro atoms. The van der Waals surface area contributed by atoms with Gasteiger partial charge in [-0.2, -0.15) is 0 Å². The van der Waals surface area contributed by atoms with Gasteiger partial charge in [0.05, 0.1) is 6.42 Å². The van der Waals surface area contributed by atoms with E-state index in [0.29, 0.717) is 17.0 Å². The second-order valence-electron chi connectivity index (χ2n) is 5.46. The van der Waals surface area contributed by atoms with Gasteiger partial charge in [-0.05, 0) is 36.4 Å². The lowest BCUT2D eigenvalue weighted by atomic mass is 10.1. The smallest absolute Gasteiger partial charge is 0.226 e. The third-order valence-corrected chi connectivity index (χ3v) is 4.11. The molecule has 0 aliphatic carbocycles. The molecule has 0 saturated heterocycles. The van der Waals surface area contributed by atoms with E-state index in [2.05, 4.69) is 31.7 Å². The van der Waals surface area contributed by atoms with E-state index in [1.165, 1.54) is 0 Å². The van der Waals surface area contributed by atoms with Gasteiger partial charge in [-0.3, -0.25) is 9.59 Å². The first-order valence-corrected chi connectivity index (χ1v) is 8.56. The summed E-state index contributed by atoms with van der Waals surface area (Å²) in [5, 5.41) is 10.2. The summed E-state index contributed by atoms with van der Waals surface area (Å²) in [7, 11) is 0. The Balaban J connectivity index is 1.44. The van der Waals surface area contributed by atoms with Crippen LogP contribution in [0.5, 0.6) is 0 Å². The van der Waals surface area contributed by atoms with Crippen LogP contribution in [0, 0.1) is 0 Å². The molecule has 1 heterocycles. The highest BCUT2D eigenvalue weighted by Gasteiger charge is 2.12. The molecule has 2 aromatic carbocycles. The zero-order valence-corrected chi connectivity index (χ0v) is 14.9. The number of rotatable bonds is 6. The topological polar surface area (TPSA) is 84.2 Å².